The van der Waals surface area contributed by atoms with Gasteiger partial charge in [-0.1, -0.05) is 48.5 Å². The van der Waals surface area contributed by atoms with E-state index in [4.69, 9.17) is 0 Å². The van der Waals surface area contributed by atoms with Crippen LogP contribution in [0.3, 0.4) is 0 Å². The summed E-state index contributed by atoms with van der Waals surface area (Å²) >= 11 is 3.04. The lowest BCUT2D eigenvalue weighted by Gasteiger charge is -2.03. The van der Waals surface area contributed by atoms with E-state index in [2.05, 4.69) is 34.6 Å². The smallest absolute Gasteiger partial charge is 0.231 e. The zero-order valence-electron chi connectivity index (χ0n) is 12.7. The average Bonchev–Trinajstić information content (AvgIpc) is 3.26. The Balaban J connectivity index is 1.57. The predicted molar refractivity (Wildman–Crippen MR) is 102 cm³/mol. The molecule has 0 radical (unpaired) electrons. The molecule has 2 heterocycles. The first-order chi connectivity index (χ1) is 11.8. The standard InChI is InChI=1S/C19H14N2OS2/c22-18(11-14-7-4-10-23-14)21-19-20-17(12-24-19)16-9-3-6-13-5-1-2-8-15(13)16/h1-10,12H,11H2,(H,20,21,22). The van der Waals surface area contributed by atoms with Crippen molar-refractivity contribution in [1.82, 2.24) is 4.98 Å². The van der Waals surface area contributed by atoms with Crippen LogP contribution in [0.5, 0.6) is 0 Å². The second kappa shape index (κ2) is 6.55. The van der Waals surface area contributed by atoms with E-state index in [1.165, 1.54) is 22.1 Å². The first-order valence-electron chi connectivity index (χ1n) is 7.55. The van der Waals surface area contributed by atoms with Crippen LogP contribution >= 0.6 is 22.7 Å². The maximum absolute atomic E-state index is 12.1. The number of anilines is 1. The third-order valence-corrected chi connectivity index (χ3v) is 5.37. The molecular weight excluding hydrogens is 336 g/mol. The number of hydrogen-bond acceptors (Lipinski definition) is 4. The van der Waals surface area contributed by atoms with Gasteiger partial charge in [-0.3, -0.25) is 4.79 Å². The quantitative estimate of drug-likeness (QED) is 0.549. The number of thiophene rings is 1. The summed E-state index contributed by atoms with van der Waals surface area (Å²) in [7, 11) is 0. The van der Waals surface area contributed by atoms with Gasteiger partial charge >= 0.3 is 0 Å². The zero-order valence-corrected chi connectivity index (χ0v) is 14.4. The van der Waals surface area contributed by atoms with Crippen LogP contribution in [0.25, 0.3) is 22.0 Å². The lowest BCUT2D eigenvalue weighted by Crippen LogP contribution is -2.13. The van der Waals surface area contributed by atoms with E-state index in [0.717, 1.165) is 16.1 Å². The molecule has 4 aromatic rings. The number of aromatic nitrogens is 1. The molecule has 0 aliphatic carbocycles. The van der Waals surface area contributed by atoms with E-state index >= 15 is 0 Å². The minimum Gasteiger partial charge on any atom is -0.302 e. The van der Waals surface area contributed by atoms with Gasteiger partial charge in [0.15, 0.2) is 5.13 Å². The van der Waals surface area contributed by atoms with Gasteiger partial charge in [0, 0.05) is 15.8 Å². The number of hydrogen-bond donors (Lipinski definition) is 1. The minimum absolute atomic E-state index is 0.0312. The van der Waals surface area contributed by atoms with Gasteiger partial charge < -0.3 is 5.32 Å². The van der Waals surface area contributed by atoms with E-state index < -0.39 is 0 Å². The van der Waals surface area contributed by atoms with E-state index in [1.807, 2.05) is 41.1 Å². The van der Waals surface area contributed by atoms with E-state index in [9.17, 15) is 4.79 Å². The molecule has 2 aromatic carbocycles. The summed E-state index contributed by atoms with van der Waals surface area (Å²) in [4.78, 5) is 17.7. The second-order valence-corrected chi connectivity index (χ2v) is 7.26. The molecule has 1 amide bonds. The lowest BCUT2D eigenvalue weighted by molar-refractivity contribution is -0.115. The van der Waals surface area contributed by atoms with Crippen LogP contribution in [0.4, 0.5) is 5.13 Å². The number of thiazole rings is 1. The number of rotatable bonds is 4. The van der Waals surface area contributed by atoms with Crippen molar-refractivity contribution in [3.05, 3.63) is 70.2 Å². The Morgan fingerprint density at radius 3 is 2.75 bits per heavy atom. The maximum atomic E-state index is 12.1. The maximum Gasteiger partial charge on any atom is 0.231 e. The molecule has 24 heavy (non-hydrogen) atoms. The van der Waals surface area contributed by atoms with Crippen LogP contribution < -0.4 is 5.32 Å². The Morgan fingerprint density at radius 2 is 1.88 bits per heavy atom. The third kappa shape index (κ3) is 3.09. The van der Waals surface area contributed by atoms with Gasteiger partial charge in [0.2, 0.25) is 5.91 Å². The van der Waals surface area contributed by atoms with Crippen LogP contribution in [0.15, 0.2) is 65.4 Å². The normalized spacial score (nSPS) is 10.8. The van der Waals surface area contributed by atoms with Gasteiger partial charge in [0.05, 0.1) is 12.1 Å². The number of benzene rings is 2. The monoisotopic (exact) mass is 350 g/mol. The van der Waals surface area contributed by atoms with Crippen molar-refractivity contribution in [2.75, 3.05) is 5.32 Å². The largest absolute Gasteiger partial charge is 0.302 e. The molecular formula is C19H14N2OS2. The summed E-state index contributed by atoms with van der Waals surface area (Å²) in [6.45, 7) is 0. The summed E-state index contributed by atoms with van der Waals surface area (Å²) < 4.78 is 0. The van der Waals surface area contributed by atoms with Crippen molar-refractivity contribution in [3.63, 3.8) is 0 Å². The molecule has 0 aliphatic heterocycles. The molecule has 0 fully saturated rings. The van der Waals surface area contributed by atoms with Crippen molar-refractivity contribution in [2.24, 2.45) is 0 Å². The summed E-state index contributed by atoms with van der Waals surface area (Å²) in [5, 5.41) is 9.85. The molecule has 0 unspecified atom stereocenters. The van der Waals surface area contributed by atoms with Crippen molar-refractivity contribution < 1.29 is 4.79 Å². The van der Waals surface area contributed by atoms with E-state index in [-0.39, 0.29) is 5.91 Å². The fraction of sp³-hybridized carbons (Fsp3) is 0.0526. The van der Waals surface area contributed by atoms with Crippen LogP contribution in [0.2, 0.25) is 0 Å². The van der Waals surface area contributed by atoms with Crippen molar-refractivity contribution in [2.45, 2.75) is 6.42 Å². The molecule has 0 atom stereocenters. The Kier molecular flexibility index (Phi) is 4.11. The Labute approximate surface area is 147 Å². The Hall–Kier alpha value is -2.50. The molecule has 0 saturated heterocycles. The highest BCUT2D eigenvalue weighted by Crippen LogP contribution is 2.31. The van der Waals surface area contributed by atoms with Crippen LogP contribution in [0.1, 0.15) is 4.88 Å². The van der Waals surface area contributed by atoms with Crippen molar-refractivity contribution in [3.8, 4) is 11.3 Å². The molecule has 0 saturated carbocycles. The fourth-order valence-electron chi connectivity index (χ4n) is 2.64. The number of nitrogens with zero attached hydrogens (tertiary/aromatic N) is 1. The number of carbonyl (C=O) groups excluding carboxylic acids is 1. The number of fused-ring (bicyclic) bond motifs is 1. The minimum atomic E-state index is -0.0312. The molecule has 3 nitrogen and oxygen atoms in total. The first kappa shape index (κ1) is 15.1. The first-order valence-corrected chi connectivity index (χ1v) is 9.31. The van der Waals surface area contributed by atoms with Gasteiger partial charge in [0.25, 0.3) is 0 Å². The number of amides is 1. The molecule has 5 heteroatoms. The molecule has 1 N–H and O–H groups in total. The predicted octanol–water partition coefficient (Wildman–Crippen LogP) is 5.21. The van der Waals surface area contributed by atoms with Crippen LogP contribution in [-0.4, -0.2) is 10.9 Å². The second-order valence-electron chi connectivity index (χ2n) is 5.37. The van der Waals surface area contributed by atoms with Crippen LogP contribution in [-0.2, 0) is 11.2 Å². The highest BCUT2D eigenvalue weighted by molar-refractivity contribution is 7.14. The summed E-state index contributed by atoms with van der Waals surface area (Å²) in [5.41, 5.74) is 1.98. The Morgan fingerprint density at radius 1 is 1.00 bits per heavy atom. The van der Waals surface area contributed by atoms with Gasteiger partial charge in [-0.2, -0.15) is 0 Å². The molecule has 0 bridgehead atoms. The van der Waals surface area contributed by atoms with Gasteiger partial charge in [-0.25, -0.2) is 4.98 Å². The topological polar surface area (TPSA) is 42.0 Å². The lowest BCUT2D eigenvalue weighted by atomic mass is 10.0. The highest BCUT2D eigenvalue weighted by Gasteiger charge is 2.11. The summed E-state index contributed by atoms with van der Waals surface area (Å²) in [5.74, 6) is -0.0312. The average molecular weight is 350 g/mol. The fourth-order valence-corrected chi connectivity index (χ4v) is 4.07. The van der Waals surface area contributed by atoms with Gasteiger partial charge in [0.1, 0.15) is 0 Å². The molecule has 0 spiro atoms. The van der Waals surface area contributed by atoms with Crippen LogP contribution in [0, 0.1) is 0 Å². The van der Waals surface area contributed by atoms with E-state index in [0.29, 0.717) is 11.6 Å². The zero-order chi connectivity index (χ0) is 16.4. The number of carbonyl (C=O) groups is 1. The highest BCUT2D eigenvalue weighted by atomic mass is 32.1. The van der Waals surface area contributed by atoms with Crippen molar-refractivity contribution >= 4 is 44.5 Å². The van der Waals surface area contributed by atoms with Gasteiger partial charge in [-0.05, 0) is 22.2 Å². The summed E-state index contributed by atoms with van der Waals surface area (Å²) in [6.07, 6.45) is 0.390. The Bertz CT molecular complexity index is 984. The number of nitrogens with one attached hydrogen (secondary N) is 1. The van der Waals surface area contributed by atoms with Crippen molar-refractivity contribution in [1.29, 1.82) is 0 Å². The molecule has 118 valence electrons. The molecule has 0 aliphatic rings. The molecule has 4 rings (SSSR count). The SMILES string of the molecule is O=C(Cc1cccs1)Nc1nc(-c2cccc3ccccc23)cs1. The third-order valence-electron chi connectivity index (χ3n) is 3.73. The van der Waals surface area contributed by atoms with Gasteiger partial charge in [-0.15, -0.1) is 22.7 Å². The summed E-state index contributed by atoms with van der Waals surface area (Å²) in [6, 6.07) is 18.4. The molecule has 2 aromatic heterocycles. The van der Waals surface area contributed by atoms with E-state index in [1.54, 1.807) is 11.3 Å².